The van der Waals surface area contributed by atoms with Gasteiger partial charge in [-0.25, -0.2) is 33.1 Å². The maximum absolute atomic E-state index is 13.7. The van der Waals surface area contributed by atoms with E-state index in [0.29, 0.717) is 41.6 Å². The highest BCUT2D eigenvalue weighted by atomic mass is 19.1. The number of fused-ring (bicyclic) bond motifs is 2. The third kappa shape index (κ3) is 7.80. The topological polar surface area (TPSA) is 61.4 Å². The molecule has 0 N–H and O–H groups in total. The van der Waals surface area contributed by atoms with Crippen LogP contribution in [-0.2, 0) is 26.6 Å². The molecule has 232 valence electrons. The van der Waals surface area contributed by atoms with Gasteiger partial charge in [-0.1, -0.05) is 36.1 Å². The predicted molar refractivity (Wildman–Crippen MR) is 174 cm³/mol. The van der Waals surface area contributed by atoms with Gasteiger partial charge in [-0.3, -0.25) is 0 Å². The van der Waals surface area contributed by atoms with E-state index in [4.69, 9.17) is 4.98 Å². The van der Waals surface area contributed by atoms with E-state index in [0.717, 1.165) is 35.9 Å². The van der Waals surface area contributed by atoms with Crippen LogP contribution in [-0.4, -0.2) is 29.1 Å². The second kappa shape index (κ2) is 15.0. The minimum Gasteiger partial charge on any atom is -0.331 e. The second-order valence-electron chi connectivity index (χ2n) is 10.8. The quantitative estimate of drug-likeness (QED) is 0.180. The lowest BCUT2D eigenvalue weighted by Crippen LogP contribution is -2.06. The molecule has 0 radical (unpaired) electrons. The summed E-state index contributed by atoms with van der Waals surface area (Å²) in [5, 5.41) is 0. The lowest BCUT2D eigenvalue weighted by Gasteiger charge is -2.12. The van der Waals surface area contributed by atoms with E-state index in [1.165, 1.54) is 11.6 Å². The van der Waals surface area contributed by atoms with Crippen molar-refractivity contribution >= 4 is 22.1 Å². The molecule has 4 heterocycles. The van der Waals surface area contributed by atoms with E-state index in [-0.39, 0.29) is 5.52 Å². The monoisotopic (exact) mass is 618 g/mol. The summed E-state index contributed by atoms with van der Waals surface area (Å²) in [6.45, 7) is 3.76. The van der Waals surface area contributed by atoms with Gasteiger partial charge in [0.1, 0.15) is 41.0 Å². The van der Waals surface area contributed by atoms with Crippen molar-refractivity contribution in [1.82, 2.24) is 29.1 Å². The zero-order valence-electron chi connectivity index (χ0n) is 25.9. The molecule has 46 heavy (non-hydrogen) atoms. The van der Waals surface area contributed by atoms with Crippen molar-refractivity contribution in [3.8, 4) is 23.7 Å². The molecule has 0 atom stereocenters. The van der Waals surface area contributed by atoms with Crippen LogP contribution in [0.15, 0.2) is 79.0 Å². The van der Waals surface area contributed by atoms with Gasteiger partial charge in [0.05, 0.1) is 22.2 Å². The highest BCUT2D eigenvalue weighted by molar-refractivity contribution is 5.77. The number of benzene rings is 2. The van der Waals surface area contributed by atoms with Crippen molar-refractivity contribution < 1.29 is 13.2 Å². The molecule has 6 aromatic rings. The van der Waals surface area contributed by atoms with Crippen molar-refractivity contribution in [3.63, 3.8) is 0 Å². The van der Waals surface area contributed by atoms with Gasteiger partial charge < -0.3 is 9.13 Å². The summed E-state index contributed by atoms with van der Waals surface area (Å²) in [6, 6.07) is 21.6. The van der Waals surface area contributed by atoms with E-state index < -0.39 is 18.3 Å². The van der Waals surface area contributed by atoms with E-state index in [1.54, 1.807) is 36.0 Å². The summed E-state index contributed by atoms with van der Waals surface area (Å²) in [7, 11) is 1.71. The first-order chi connectivity index (χ1) is 22.3. The lowest BCUT2D eigenvalue weighted by atomic mass is 10.2. The van der Waals surface area contributed by atoms with Crippen LogP contribution in [0.5, 0.6) is 0 Å². The molecule has 0 aliphatic rings. The number of hydrogen-bond acceptors (Lipinski definition) is 4. The number of pyridine rings is 2. The number of imidazole rings is 2. The number of para-hydroxylation sites is 2. The zero-order valence-corrected chi connectivity index (χ0v) is 25.9. The fourth-order valence-corrected chi connectivity index (χ4v) is 5.05. The van der Waals surface area contributed by atoms with Crippen LogP contribution in [0.2, 0.25) is 0 Å². The first-order valence-electron chi connectivity index (χ1n) is 15.0. The molecule has 0 fully saturated rings. The number of aromatic nitrogens is 6. The van der Waals surface area contributed by atoms with Crippen molar-refractivity contribution in [1.29, 1.82) is 0 Å². The molecule has 0 aliphatic carbocycles. The van der Waals surface area contributed by atoms with Crippen LogP contribution in [0, 0.1) is 35.3 Å². The van der Waals surface area contributed by atoms with Crippen LogP contribution in [0.1, 0.15) is 61.5 Å². The fraction of sp³-hybridized carbons (Fsp3) is 0.243. The van der Waals surface area contributed by atoms with E-state index in [9.17, 15) is 13.2 Å². The Hall–Kier alpha value is -5.41. The summed E-state index contributed by atoms with van der Waals surface area (Å²) in [5.41, 5.74) is 4.48. The van der Waals surface area contributed by atoms with Gasteiger partial charge in [0, 0.05) is 51.0 Å². The molecule has 0 spiro atoms. The number of hydrogen-bond donors (Lipinski definition) is 0. The van der Waals surface area contributed by atoms with Crippen LogP contribution < -0.4 is 0 Å². The van der Waals surface area contributed by atoms with Gasteiger partial charge in [-0.05, 0) is 68.2 Å². The number of nitrogens with zero attached hydrogens (tertiary/aromatic N) is 6. The molecular formula is C37H33F3N6. The Balaban J connectivity index is 0.000000182. The Morgan fingerprint density at radius 2 is 1.48 bits per heavy atom. The van der Waals surface area contributed by atoms with Gasteiger partial charge in [0.2, 0.25) is 0 Å². The number of alkyl halides is 1. The molecule has 6 rings (SSSR count). The Kier molecular flexibility index (Phi) is 10.5. The maximum Gasteiger partial charge on any atom is 0.153 e. The number of halogens is 3. The predicted octanol–water partition coefficient (Wildman–Crippen LogP) is 7.70. The zero-order chi connectivity index (χ0) is 32.5. The Bertz CT molecular complexity index is 2070. The van der Waals surface area contributed by atoms with Crippen LogP contribution >= 0.6 is 0 Å². The maximum atomic E-state index is 13.7. The van der Waals surface area contributed by atoms with Crippen LogP contribution in [0.4, 0.5) is 13.2 Å². The third-order valence-corrected chi connectivity index (χ3v) is 7.17. The number of rotatable bonds is 6. The fourth-order valence-electron chi connectivity index (χ4n) is 5.05. The molecule has 0 bridgehead atoms. The molecule has 6 nitrogen and oxygen atoms in total. The summed E-state index contributed by atoms with van der Waals surface area (Å²) in [6.07, 6.45) is 4.37. The smallest absolute Gasteiger partial charge is 0.153 e. The summed E-state index contributed by atoms with van der Waals surface area (Å²) in [5.74, 6) is 12.5. The van der Waals surface area contributed by atoms with Crippen molar-refractivity contribution in [2.45, 2.75) is 52.2 Å². The van der Waals surface area contributed by atoms with Crippen LogP contribution in [0.25, 0.3) is 22.1 Å². The SMILES string of the molecule is CC(C)n1c(CCC#Cc2ccccn2)nc2ccccc21.Cn1c(CCC#Cc2cccc(CF)n2)nc2c(F)cc(F)cc21. The summed E-state index contributed by atoms with van der Waals surface area (Å²) >= 11 is 0. The molecular weight excluding hydrogens is 585 g/mol. The molecule has 4 aromatic heterocycles. The summed E-state index contributed by atoms with van der Waals surface area (Å²) in [4.78, 5) is 17.2. The Morgan fingerprint density at radius 3 is 2.22 bits per heavy atom. The molecule has 0 aliphatic heterocycles. The Morgan fingerprint density at radius 1 is 0.761 bits per heavy atom. The number of aryl methyl sites for hydroxylation is 3. The van der Waals surface area contributed by atoms with Gasteiger partial charge >= 0.3 is 0 Å². The first-order valence-corrected chi connectivity index (χ1v) is 15.0. The van der Waals surface area contributed by atoms with Crippen molar-refractivity contribution in [2.24, 2.45) is 7.05 Å². The highest BCUT2D eigenvalue weighted by Crippen LogP contribution is 2.22. The minimum absolute atomic E-state index is 0.152. The second-order valence-corrected chi connectivity index (χ2v) is 10.8. The lowest BCUT2D eigenvalue weighted by molar-refractivity contribution is 0.476. The van der Waals surface area contributed by atoms with Gasteiger partial charge in [0.25, 0.3) is 0 Å². The minimum atomic E-state index is -0.676. The molecule has 9 heteroatoms. The molecule has 2 aromatic carbocycles. The largest absolute Gasteiger partial charge is 0.331 e. The van der Waals surface area contributed by atoms with E-state index in [1.807, 2.05) is 24.3 Å². The van der Waals surface area contributed by atoms with E-state index >= 15 is 0 Å². The normalized spacial score (nSPS) is 10.7. The van der Waals surface area contributed by atoms with Crippen LogP contribution in [0.3, 0.4) is 0 Å². The third-order valence-electron chi connectivity index (χ3n) is 7.17. The van der Waals surface area contributed by atoms with Gasteiger partial charge in [0.15, 0.2) is 5.82 Å². The van der Waals surface area contributed by atoms with Gasteiger partial charge in [-0.2, -0.15) is 0 Å². The average Bonchev–Trinajstić information content (AvgIpc) is 3.59. The molecule has 0 saturated carbocycles. The average molecular weight is 619 g/mol. The molecule has 0 amide bonds. The van der Waals surface area contributed by atoms with Crippen molar-refractivity contribution in [2.75, 3.05) is 0 Å². The first kappa shape index (κ1) is 32.0. The molecule has 0 saturated heterocycles. The van der Waals surface area contributed by atoms with E-state index in [2.05, 4.69) is 75.2 Å². The van der Waals surface area contributed by atoms with Gasteiger partial charge in [-0.15, -0.1) is 0 Å². The van der Waals surface area contributed by atoms with Crippen molar-refractivity contribution in [3.05, 3.63) is 119 Å². The Labute approximate surface area is 266 Å². The summed E-state index contributed by atoms with van der Waals surface area (Å²) < 4.78 is 43.5. The standard InChI is InChI=1S/C19H19N3.C18H14F3N3/c1-15(2)22-18-12-5-4-11-17(18)21-19(22)13-6-3-9-16-10-7-8-14-20-16;1-24-16-10-12(20)9-15(21)18(16)23-17(24)8-3-2-5-13-6-4-7-14(11-19)22-13/h4-5,7-8,10-12,14-15H,6,13H2,1-2H3;4,6-7,9-10H,3,8,11H2,1H3. The molecule has 0 unspecified atom stereocenters. The highest BCUT2D eigenvalue weighted by Gasteiger charge is 2.13.